The molecule has 3 aromatic carbocycles. The fourth-order valence-electron chi connectivity index (χ4n) is 5.60. The summed E-state index contributed by atoms with van der Waals surface area (Å²) in [6, 6.07) is 26.6. The van der Waals surface area contributed by atoms with Gasteiger partial charge in [-0.25, -0.2) is 4.68 Å². The third kappa shape index (κ3) is 5.80. The van der Waals surface area contributed by atoms with Crippen molar-refractivity contribution in [2.75, 3.05) is 30.3 Å². The van der Waals surface area contributed by atoms with E-state index in [1.165, 1.54) is 0 Å². The van der Waals surface area contributed by atoms with E-state index in [1.54, 1.807) is 16.7 Å². The standard InChI is InChI=1S/C33H34N4O3S/c1-22-9-6-13-25(17-22)32-30-31(24-11-4-3-5-12-24)35-37(26-14-7-10-23(2)18-26)33(30)36(29(39)21-41-32)20-28(38)34-19-27-15-8-16-40-27/h3-7,9-14,17-18,27,32H,8,15-16,19-21H2,1-2H3,(H,34,38)/t27-,32+/m0/s1. The van der Waals surface area contributed by atoms with Crippen LogP contribution >= 0.6 is 11.8 Å². The van der Waals surface area contributed by atoms with E-state index < -0.39 is 0 Å². The molecule has 210 valence electrons. The molecule has 2 amide bonds. The van der Waals surface area contributed by atoms with Gasteiger partial charge in [0, 0.05) is 24.3 Å². The smallest absolute Gasteiger partial charge is 0.240 e. The summed E-state index contributed by atoms with van der Waals surface area (Å²) < 4.78 is 7.54. The third-order valence-corrected chi connectivity index (χ3v) is 8.83. The Morgan fingerprint density at radius 3 is 2.54 bits per heavy atom. The largest absolute Gasteiger partial charge is 0.376 e. The number of hydrogen-bond donors (Lipinski definition) is 1. The summed E-state index contributed by atoms with van der Waals surface area (Å²) in [5.74, 6) is 0.557. The molecule has 0 aliphatic carbocycles. The zero-order chi connectivity index (χ0) is 28.3. The predicted octanol–water partition coefficient (Wildman–Crippen LogP) is 5.62. The molecule has 1 saturated heterocycles. The van der Waals surface area contributed by atoms with Crippen LogP contribution in [0.1, 0.15) is 40.3 Å². The van der Waals surface area contributed by atoms with Crippen molar-refractivity contribution in [3.8, 4) is 16.9 Å². The van der Waals surface area contributed by atoms with Gasteiger partial charge in [0.15, 0.2) is 0 Å². The number of ether oxygens (including phenoxy) is 1. The Balaban J connectivity index is 1.52. The minimum absolute atomic E-state index is 0.0260. The van der Waals surface area contributed by atoms with Crippen LogP contribution in [0.2, 0.25) is 0 Å². The zero-order valence-electron chi connectivity index (χ0n) is 23.4. The summed E-state index contributed by atoms with van der Waals surface area (Å²) >= 11 is 1.59. The highest BCUT2D eigenvalue weighted by Crippen LogP contribution is 2.48. The van der Waals surface area contributed by atoms with E-state index in [4.69, 9.17) is 9.84 Å². The topological polar surface area (TPSA) is 76.5 Å². The zero-order valence-corrected chi connectivity index (χ0v) is 24.2. The van der Waals surface area contributed by atoms with E-state index in [-0.39, 0.29) is 35.5 Å². The van der Waals surface area contributed by atoms with Crippen LogP contribution in [0.15, 0.2) is 78.9 Å². The summed E-state index contributed by atoms with van der Waals surface area (Å²) in [5.41, 5.74) is 6.89. The van der Waals surface area contributed by atoms with Gasteiger partial charge in [0.1, 0.15) is 12.4 Å². The highest BCUT2D eigenvalue weighted by Gasteiger charge is 2.37. The SMILES string of the molecule is Cc1cccc([C@H]2SCC(=O)N(CC(=O)NC[C@@H]3CCCO3)c3c2c(-c2ccccc2)nn3-c2cccc(C)c2)c1. The van der Waals surface area contributed by atoms with Gasteiger partial charge in [0.2, 0.25) is 11.8 Å². The second-order valence-corrected chi connectivity index (χ2v) is 11.8. The number of aryl methyl sites for hydroxylation is 2. The van der Waals surface area contributed by atoms with E-state index >= 15 is 0 Å². The second kappa shape index (κ2) is 11.9. The van der Waals surface area contributed by atoms with E-state index in [0.717, 1.165) is 58.6 Å². The molecule has 4 aromatic rings. The number of rotatable bonds is 7. The van der Waals surface area contributed by atoms with Gasteiger partial charge in [-0.3, -0.25) is 14.5 Å². The lowest BCUT2D eigenvalue weighted by Gasteiger charge is -2.23. The first-order valence-electron chi connectivity index (χ1n) is 14.1. The molecule has 2 aliphatic rings. The number of carbonyl (C=O) groups excluding carboxylic acids is 2. The Bertz CT molecular complexity index is 1560. The first-order chi connectivity index (χ1) is 20.0. The maximum absolute atomic E-state index is 13.9. The number of aromatic nitrogens is 2. The number of amides is 2. The summed E-state index contributed by atoms with van der Waals surface area (Å²) in [4.78, 5) is 28.8. The number of nitrogens with one attached hydrogen (secondary N) is 1. The second-order valence-electron chi connectivity index (χ2n) is 10.7. The number of hydrogen-bond acceptors (Lipinski definition) is 5. The summed E-state index contributed by atoms with van der Waals surface area (Å²) in [7, 11) is 0. The van der Waals surface area contributed by atoms with Crippen LogP contribution in [0.25, 0.3) is 16.9 Å². The van der Waals surface area contributed by atoms with Gasteiger partial charge >= 0.3 is 0 Å². The van der Waals surface area contributed by atoms with E-state index in [9.17, 15) is 9.59 Å². The van der Waals surface area contributed by atoms with Crippen molar-refractivity contribution in [3.63, 3.8) is 0 Å². The van der Waals surface area contributed by atoms with Crippen LogP contribution in [0.4, 0.5) is 5.82 Å². The molecular formula is C33H34N4O3S. The number of nitrogens with zero attached hydrogens (tertiary/aromatic N) is 3. The Kier molecular flexibility index (Phi) is 7.94. The Labute approximate surface area is 244 Å². The molecule has 1 fully saturated rings. The van der Waals surface area contributed by atoms with Crippen LogP contribution in [0, 0.1) is 13.8 Å². The van der Waals surface area contributed by atoms with E-state index in [1.807, 2.05) is 60.1 Å². The van der Waals surface area contributed by atoms with Crippen LogP contribution in [-0.2, 0) is 14.3 Å². The van der Waals surface area contributed by atoms with Crippen molar-refractivity contribution in [2.45, 2.75) is 38.0 Å². The Hall–Kier alpha value is -3.88. The minimum atomic E-state index is -0.211. The lowest BCUT2D eigenvalue weighted by molar-refractivity contribution is -0.123. The van der Waals surface area contributed by atoms with Gasteiger partial charge in [-0.15, -0.1) is 11.8 Å². The van der Waals surface area contributed by atoms with Gasteiger partial charge in [-0.1, -0.05) is 72.3 Å². The van der Waals surface area contributed by atoms with E-state index in [0.29, 0.717) is 12.4 Å². The molecule has 0 unspecified atom stereocenters. The molecule has 6 rings (SSSR count). The maximum Gasteiger partial charge on any atom is 0.240 e. The predicted molar refractivity (Wildman–Crippen MR) is 164 cm³/mol. The van der Waals surface area contributed by atoms with Crippen LogP contribution < -0.4 is 10.2 Å². The van der Waals surface area contributed by atoms with Gasteiger partial charge in [-0.2, -0.15) is 5.10 Å². The molecule has 1 N–H and O–H groups in total. The highest BCUT2D eigenvalue weighted by molar-refractivity contribution is 8.00. The number of anilines is 1. The number of thioether (sulfide) groups is 1. The van der Waals surface area contributed by atoms with Crippen molar-refractivity contribution < 1.29 is 14.3 Å². The minimum Gasteiger partial charge on any atom is -0.376 e. The molecule has 0 bridgehead atoms. The monoisotopic (exact) mass is 566 g/mol. The molecule has 41 heavy (non-hydrogen) atoms. The molecule has 1 aromatic heterocycles. The first-order valence-corrected chi connectivity index (χ1v) is 15.1. The number of benzene rings is 3. The van der Waals surface area contributed by atoms with Gasteiger partial charge < -0.3 is 10.1 Å². The molecule has 0 saturated carbocycles. The summed E-state index contributed by atoms with van der Waals surface area (Å²) in [6.45, 7) is 5.20. The first kappa shape index (κ1) is 27.3. The van der Waals surface area contributed by atoms with Crippen LogP contribution in [-0.4, -0.2) is 53.1 Å². The van der Waals surface area contributed by atoms with Crippen molar-refractivity contribution in [3.05, 3.63) is 101 Å². The Morgan fingerprint density at radius 1 is 1.02 bits per heavy atom. The Morgan fingerprint density at radius 2 is 1.80 bits per heavy atom. The normalized spacial score (nSPS) is 18.7. The quantitative estimate of drug-likeness (QED) is 0.314. The average molecular weight is 567 g/mol. The molecular weight excluding hydrogens is 532 g/mol. The number of fused-ring (bicyclic) bond motifs is 1. The van der Waals surface area contributed by atoms with Crippen molar-refractivity contribution in [2.24, 2.45) is 0 Å². The lowest BCUT2D eigenvalue weighted by Crippen LogP contribution is -2.44. The molecule has 2 atom stereocenters. The molecule has 2 aliphatic heterocycles. The molecule has 0 radical (unpaired) electrons. The van der Waals surface area contributed by atoms with Crippen LogP contribution in [0.3, 0.4) is 0 Å². The summed E-state index contributed by atoms with van der Waals surface area (Å²) in [5, 5.41) is 8.03. The maximum atomic E-state index is 13.9. The van der Waals surface area contributed by atoms with Gasteiger partial charge in [0.05, 0.1) is 28.5 Å². The molecule has 7 nitrogen and oxygen atoms in total. The number of carbonyl (C=O) groups is 2. The average Bonchev–Trinajstić information content (AvgIpc) is 3.61. The molecule has 0 spiro atoms. The van der Waals surface area contributed by atoms with E-state index in [2.05, 4.69) is 42.6 Å². The summed E-state index contributed by atoms with van der Waals surface area (Å²) in [6.07, 6.45) is 1.96. The van der Waals surface area contributed by atoms with Gasteiger partial charge in [0.25, 0.3) is 0 Å². The fraction of sp³-hybridized carbons (Fsp3) is 0.303. The van der Waals surface area contributed by atoms with Crippen molar-refractivity contribution in [1.29, 1.82) is 0 Å². The van der Waals surface area contributed by atoms with Crippen molar-refractivity contribution >= 4 is 29.4 Å². The molecule has 3 heterocycles. The van der Waals surface area contributed by atoms with Crippen LogP contribution in [0.5, 0.6) is 0 Å². The van der Waals surface area contributed by atoms with Gasteiger partial charge in [-0.05, 0) is 49.9 Å². The third-order valence-electron chi connectivity index (χ3n) is 7.58. The fourth-order valence-corrected chi connectivity index (χ4v) is 6.78. The highest BCUT2D eigenvalue weighted by atomic mass is 32.2. The molecule has 8 heteroatoms. The van der Waals surface area contributed by atoms with Crippen molar-refractivity contribution in [1.82, 2.24) is 15.1 Å². The lowest BCUT2D eigenvalue weighted by atomic mass is 9.98.